The van der Waals surface area contributed by atoms with Gasteiger partial charge in [-0.2, -0.15) is 26.3 Å². The number of carbonyl (C=O) groups is 3. The van der Waals surface area contributed by atoms with Crippen LogP contribution in [-0.2, 0) is 5.41 Å². The zero-order valence-electron chi connectivity index (χ0n) is 36.2. The third-order valence-corrected chi connectivity index (χ3v) is 11.8. The van der Waals surface area contributed by atoms with E-state index in [2.05, 4.69) is 12.6 Å². The van der Waals surface area contributed by atoms with E-state index in [1.165, 1.54) is 48.5 Å². The lowest BCUT2D eigenvalue weighted by Gasteiger charge is -2.38. The zero-order valence-corrected chi connectivity index (χ0v) is 37.0. The molecule has 0 unspecified atom stereocenters. The summed E-state index contributed by atoms with van der Waals surface area (Å²) in [6.07, 6.45) is -11.7. The lowest BCUT2D eigenvalue weighted by atomic mass is 9.73. The lowest BCUT2D eigenvalue weighted by molar-refractivity contribution is -0.288. The third-order valence-electron chi connectivity index (χ3n) is 11.5. The van der Waals surface area contributed by atoms with Crippen LogP contribution >= 0.6 is 12.6 Å². The molecule has 8 aromatic carbocycles. The van der Waals surface area contributed by atoms with E-state index in [1.54, 1.807) is 72.8 Å². The van der Waals surface area contributed by atoms with Crippen molar-refractivity contribution in [2.75, 3.05) is 0 Å². The Kier molecular flexibility index (Phi) is 13.0. The van der Waals surface area contributed by atoms with E-state index in [1.807, 2.05) is 32.0 Å². The van der Waals surface area contributed by atoms with Crippen molar-refractivity contribution < 1.29 is 50.2 Å². The number of halogens is 6. The number of rotatable bonds is 13. The molecular formula is C56H38F6O5S. The summed E-state index contributed by atoms with van der Waals surface area (Å²) in [5.74, 6) is -0.361. The standard InChI is InChI=1S/C56H38F6O5S/c1-34-3-6-37(7-4-34)51(63)39-13-23-45(24-14-39)66-47-27-19-43(20-28-47)54(55(57,58)59,56(60,61)62)44-21-29-48(30-22-44)67-46-25-15-40(16-26-46)52(64)38-11-9-36(10-12-38)42-8-5-35(2)50(33-42)53(65)41-17-31-49(68)32-18-41/h3-33,68H,1-2H3. The first kappa shape index (κ1) is 46.8. The second-order valence-electron chi connectivity index (χ2n) is 16.1. The van der Waals surface area contributed by atoms with Crippen molar-refractivity contribution in [1.29, 1.82) is 0 Å². The number of ether oxygens (including phenoxy) is 2. The van der Waals surface area contributed by atoms with Crippen LogP contribution in [0.3, 0.4) is 0 Å². The van der Waals surface area contributed by atoms with Crippen molar-refractivity contribution in [3.63, 3.8) is 0 Å². The van der Waals surface area contributed by atoms with E-state index in [0.717, 1.165) is 75.7 Å². The molecule has 0 fully saturated rings. The Bertz CT molecular complexity index is 3090. The average Bonchev–Trinajstić information content (AvgIpc) is 3.32. The van der Waals surface area contributed by atoms with E-state index in [-0.39, 0.29) is 40.3 Å². The van der Waals surface area contributed by atoms with Gasteiger partial charge in [-0.15, -0.1) is 12.6 Å². The van der Waals surface area contributed by atoms with Crippen molar-refractivity contribution in [3.8, 4) is 34.1 Å². The predicted octanol–water partition coefficient (Wildman–Crippen LogP) is 14.9. The SMILES string of the molecule is Cc1ccc(C(=O)c2ccc(Oc3ccc(C(c4ccc(Oc5ccc(C(=O)c6ccc(-c7ccc(C)c(C(=O)c8ccc(S)cc8)c7)cc6)cc5)cc4)(C(F)(F)F)C(F)(F)F)cc3)cc2)cc1. The second-order valence-corrected chi connectivity index (χ2v) is 16.6. The van der Waals surface area contributed by atoms with Gasteiger partial charge in [-0.1, -0.05) is 90.5 Å². The molecule has 0 saturated heterocycles. The van der Waals surface area contributed by atoms with E-state index in [9.17, 15) is 40.7 Å². The highest BCUT2D eigenvalue weighted by Crippen LogP contribution is 2.56. The van der Waals surface area contributed by atoms with Crippen molar-refractivity contribution in [3.05, 3.63) is 244 Å². The van der Waals surface area contributed by atoms with Crippen molar-refractivity contribution in [2.45, 2.75) is 36.5 Å². The predicted molar refractivity (Wildman–Crippen MR) is 251 cm³/mol. The Morgan fingerprint density at radius 3 is 1.12 bits per heavy atom. The van der Waals surface area contributed by atoms with Gasteiger partial charge in [0.25, 0.3) is 0 Å². The molecule has 0 amide bonds. The van der Waals surface area contributed by atoms with Crippen molar-refractivity contribution >= 4 is 30.0 Å². The highest BCUT2D eigenvalue weighted by atomic mass is 32.1. The van der Waals surface area contributed by atoms with Crippen LogP contribution in [0.5, 0.6) is 23.0 Å². The highest BCUT2D eigenvalue weighted by molar-refractivity contribution is 7.80. The maximum Gasteiger partial charge on any atom is 0.411 e. The molecule has 0 radical (unpaired) electrons. The number of carbonyl (C=O) groups excluding carboxylic acids is 3. The average molecular weight is 937 g/mol. The van der Waals surface area contributed by atoms with Gasteiger partial charge in [0, 0.05) is 38.3 Å². The summed E-state index contributed by atoms with van der Waals surface area (Å²) in [5, 5.41) is 0. The molecule has 0 aliphatic rings. The monoisotopic (exact) mass is 936 g/mol. The maximum atomic E-state index is 15.0. The number of hydrogen-bond donors (Lipinski definition) is 1. The Labute approximate surface area is 393 Å². The van der Waals surface area contributed by atoms with Gasteiger partial charge < -0.3 is 9.47 Å². The molecule has 0 heterocycles. The fourth-order valence-corrected chi connectivity index (χ4v) is 7.96. The van der Waals surface area contributed by atoms with E-state index in [4.69, 9.17) is 9.47 Å². The molecule has 0 spiro atoms. The fourth-order valence-electron chi connectivity index (χ4n) is 7.82. The van der Waals surface area contributed by atoms with Crippen LogP contribution in [0.2, 0.25) is 0 Å². The Hall–Kier alpha value is -7.70. The van der Waals surface area contributed by atoms with Crippen LogP contribution in [0.15, 0.2) is 193 Å². The molecule has 0 bridgehead atoms. The van der Waals surface area contributed by atoms with Gasteiger partial charge in [0.05, 0.1) is 0 Å². The molecule has 340 valence electrons. The molecule has 0 N–H and O–H groups in total. The molecule has 68 heavy (non-hydrogen) atoms. The van der Waals surface area contributed by atoms with Gasteiger partial charge in [0.2, 0.25) is 5.41 Å². The number of hydrogen-bond acceptors (Lipinski definition) is 6. The first-order chi connectivity index (χ1) is 32.4. The van der Waals surface area contributed by atoms with Gasteiger partial charge in [0.15, 0.2) is 17.3 Å². The smallest absolute Gasteiger partial charge is 0.411 e. The van der Waals surface area contributed by atoms with Gasteiger partial charge in [-0.05, 0) is 145 Å². The summed E-state index contributed by atoms with van der Waals surface area (Å²) < 4.78 is 101. The summed E-state index contributed by atoms with van der Waals surface area (Å²) in [6, 6.07) is 45.2. The highest BCUT2D eigenvalue weighted by Gasteiger charge is 2.72. The number of alkyl halides is 6. The van der Waals surface area contributed by atoms with Crippen LogP contribution in [0.25, 0.3) is 11.1 Å². The number of benzene rings is 8. The molecule has 8 rings (SSSR count). The molecule has 0 aromatic heterocycles. The minimum Gasteiger partial charge on any atom is -0.457 e. The van der Waals surface area contributed by atoms with Crippen LogP contribution in [-0.4, -0.2) is 29.7 Å². The van der Waals surface area contributed by atoms with E-state index in [0.29, 0.717) is 33.4 Å². The summed E-state index contributed by atoms with van der Waals surface area (Å²) in [5.41, 5.74) is -0.612. The van der Waals surface area contributed by atoms with Crippen LogP contribution < -0.4 is 9.47 Å². The van der Waals surface area contributed by atoms with Gasteiger partial charge in [-0.25, -0.2) is 0 Å². The number of ketones is 3. The first-order valence-electron chi connectivity index (χ1n) is 21.0. The van der Waals surface area contributed by atoms with Gasteiger partial charge in [-0.3, -0.25) is 14.4 Å². The molecule has 5 nitrogen and oxygen atoms in total. The Morgan fingerprint density at radius 2 is 0.721 bits per heavy atom. The molecule has 0 aliphatic heterocycles. The van der Waals surface area contributed by atoms with Crippen LogP contribution in [0.4, 0.5) is 26.3 Å². The molecule has 12 heteroatoms. The largest absolute Gasteiger partial charge is 0.457 e. The Balaban J connectivity index is 0.944. The molecular weight excluding hydrogens is 899 g/mol. The minimum absolute atomic E-state index is 0.0292. The molecule has 8 aromatic rings. The summed E-state index contributed by atoms with van der Waals surface area (Å²) in [6.45, 7) is 3.75. The van der Waals surface area contributed by atoms with E-state index < -0.39 is 28.9 Å². The normalized spacial score (nSPS) is 11.8. The van der Waals surface area contributed by atoms with Gasteiger partial charge >= 0.3 is 12.4 Å². The second kappa shape index (κ2) is 18.9. The molecule has 0 atom stereocenters. The third kappa shape index (κ3) is 9.59. The number of aryl methyl sites for hydroxylation is 2. The first-order valence-corrected chi connectivity index (χ1v) is 21.5. The quantitative estimate of drug-likeness (QED) is 0.0709. The topological polar surface area (TPSA) is 69.7 Å². The van der Waals surface area contributed by atoms with Crippen LogP contribution in [0.1, 0.15) is 70.0 Å². The molecule has 0 aliphatic carbocycles. The van der Waals surface area contributed by atoms with Crippen molar-refractivity contribution in [1.82, 2.24) is 0 Å². The summed E-state index contributed by atoms with van der Waals surface area (Å²) in [7, 11) is 0. The maximum absolute atomic E-state index is 15.0. The van der Waals surface area contributed by atoms with E-state index >= 15 is 0 Å². The lowest BCUT2D eigenvalue weighted by Crippen LogP contribution is -2.54. The zero-order chi connectivity index (χ0) is 48.4. The van der Waals surface area contributed by atoms with Crippen LogP contribution in [0, 0.1) is 13.8 Å². The summed E-state index contributed by atoms with van der Waals surface area (Å²) in [4.78, 5) is 40.3. The summed E-state index contributed by atoms with van der Waals surface area (Å²) >= 11 is 4.29. The Morgan fingerprint density at radius 1 is 0.397 bits per heavy atom. The van der Waals surface area contributed by atoms with Crippen molar-refractivity contribution in [2.24, 2.45) is 0 Å². The fraction of sp³-hybridized carbons (Fsp3) is 0.0893. The van der Waals surface area contributed by atoms with Gasteiger partial charge in [0.1, 0.15) is 23.0 Å². The number of thiol groups is 1. The minimum atomic E-state index is -5.83. The molecule has 0 saturated carbocycles.